The molecule has 0 saturated heterocycles. The van der Waals surface area contributed by atoms with Gasteiger partial charge < -0.3 is 10.5 Å². The number of ether oxygens (including phenoxy) is 1. The number of hydrogen-bond donors (Lipinski definition) is 1. The lowest BCUT2D eigenvalue weighted by molar-refractivity contribution is 0.195. The van der Waals surface area contributed by atoms with Crippen molar-refractivity contribution in [2.24, 2.45) is 11.1 Å². The number of para-hydroxylation sites is 1. The van der Waals surface area contributed by atoms with Gasteiger partial charge in [-0.05, 0) is 35.9 Å². The minimum Gasteiger partial charge on any atom is -0.493 e. The summed E-state index contributed by atoms with van der Waals surface area (Å²) in [5, 5.41) is 0. The Morgan fingerprint density at radius 1 is 1.40 bits per heavy atom. The standard InChI is InChI=1S/C13H19NO/c1-13(2,9-14)11-7-8-15-12-6-4-3-5-10(11)12/h3-6,11H,7-9,14H2,1-2H3. The van der Waals surface area contributed by atoms with Crippen molar-refractivity contribution in [3.63, 3.8) is 0 Å². The van der Waals surface area contributed by atoms with E-state index in [1.807, 2.05) is 12.1 Å². The normalized spacial score (nSPS) is 20.6. The third-order valence-corrected chi connectivity index (χ3v) is 3.43. The first-order valence-corrected chi connectivity index (χ1v) is 5.57. The molecule has 0 saturated carbocycles. The first-order valence-electron chi connectivity index (χ1n) is 5.57. The van der Waals surface area contributed by atoms with Crippen molar-refractivity contribution in [1.29, 1.82) is 0 Å². The molecule has 1 unspecified atom stereocenters. The lowest BCUT2D eigenvalue weighted by atomic mass is 9.72. The second-order valence-corrected chi connectivity index (χ2v) is 4.92. The van der Waals surface area contributed by atoms with Gasteiger partial charge >= 0.3 is 0 Å². The van der Waals surface area contributed by atoms with Crippen LogP contribution in [0.25, 0.3) is 0 Å². The molecule has 82 valence electrons. The monoisotopic (exact) mass is 205 g/mol. The molecule has 1 aromatic carbocycles. The van der Waals surface area contributed by atoms with Gasteiger partial charge in [0.25, 0.3) is 0 Å². The molecule has 2 heteroatoms. The van der Waals surface area contributed by atoms with Crippen LogP contribution >= 0.6 is 0 Å². The average Bonchev–Trinajstić information content (AvgIpc) is 2.28. The summed E-state index contributed by atoms with van der Waals surface area (Å²) in [5.74, 6) is 1.56. The maximum Gasteiger partial charge on any atom is 0.122 e. The van der Waals surface area contributed by atoms with E-state index in [1.165, 1.54) is 5.56 Å². The zero-order valence-electron chi connectivity index (χ0n) is 9.49. The molecule has 1 atom stereocenters. The highest BCUT2D eigenvalue weighted by Crippen LogP contribution is 2.43. The number of benzene rings is 1. The quantitative estimate of drug-likeness (QED) is 0.805. The molecule has 0 amide bonds. The predicted molar refractivity (Wildman–Crippen MR) is 62.1 cm³/mol. The molecule has 2 rings (SSSR count). The minimum absolute atomic E-state index is 0.153. The Kier molecular flexibility index (Phi) is 2.70. The van der Waals surface area contributed by atoms with Gasteiger partial charge in [-0.15, -0.1) is 0 Å². The highest BCUT2D eigenvalue weighted by molar-refractivity contribution is 5.38. The Morgan fingerprint density at radius 2 is 2.13 bits per heavy atom. The summed E-state index contributed by atoms with van der Waals surface area (Å²) in [6.07, 6.45) is 1.07. The van der Waals surface area contributed by atoms with Gasteiger partial charge in [-0.25, -0.2) is 0 Å². The molecular weight excluding hydrogens is 186 g/mol. The van der Waals surface area contributed by atoms with Crippen LogP contribution in [0.3, 0.4) is 0 Å². The highest BCUT2D eigenvalue weighted by atomic mass is 16.5. The molecule has 1 aromatic rings. The molecule has 1 aliphatic rings. The van der Waals surface area contributed by atoms with Crippen molar-refractivity contribution in [3.05, 3.63) is 29.8 Å². The molecule has 0 spiro atoms. The van der Waals surface area contributed by atoms with Gasteiger partial charge in [0.05, 0.1) is 6.61 Å². The first-order chi connectivity index (χ1) is 7.15. The Bertz CT molecular complexity index is 346. The van der Waals surface area contributed by atoms with E-state index in [1.54, 1.807) is 0 Å². The van der Waals surface area contributed by atoms with Crippen LogP contribution in [0, 0.1) is 5.41 Å². The summed E-state index contributed by atoms with van der Waals surface area (Å²) in [6.45, 7) is 6.00. The maximum atomic E-state index is 5.85. The minimum atomic E-state index is 0.153. The number of fused-ring (bicyclic) bond motifs is 1. The van der Waals surface area contributed by atoms with E-state index in [9.17, 15) is 0 Å². The second kappa shape index (κ2) is 3.86. The largest absolute Gasteiger partial charge is 0.493 e. The van der Waals surface area contributed by atoms with E-state index >= 15 is 0 Å². The molecular formula is C13H19NO. The van der Waals surface area contributed by atoms with Crippen molar-refractivity contribution in [2.45, 2.75) is 26.2 Å². The van der Waals surface area contributed by atoms with Crippen LogP contribution < -0.4 is 10.5 Å². The predicted octanol–water partition coefficient (Wildman–Crippen LogP) is 2.54. The summed E-state index contributed by atoms with van der Waals surface area (Å²) in [7, 11) is 0. The van der Waals surface area contributed by atoms with Crippen molar-refractivity contribution < 1.29 is 4.74 Å². The average molecular weight is 205 g/mol. The third-order valence-electron chi connectivity index (χ3n) is 3.43. The van der Waals surface area contributed by atoms with Crippen LogP contribution in [0.5, 0.6) is 5.75 Å². The molecule has 15 heavy (non-hydrogen) atoms. The van der Waals surface area contributed by atoms with E-state index in [-0.39, 0.29) is 5.41 Å². The molecule has 0 bridgehead atoms. The van der Waals surface area contributed by atoms with Gasteiger partial charge in [-0.3, -0.25) is 0 Å². The van der Waals surface area contributed by atoms with E-state index in [2.05, 4.69) is 26.0 Å². The van der Waals surface area contributed by atoms with E-state index in [4.69, 9.17) is 10.5 Å². The summed E-state index contributed by atoms with van der Waals surface area (Å²) in [4.78, 5) is 0. The van der Waals surface area contributed by atoms with Crippen LogP contribution in [0.1, 0.15) is 31.7 Å². The Morgan fingerprint density at radius 3 is 2.87 bits per heavy atom. The van der Waals surface area contributed by atoms with Gasteiger partial charge in [0.2, 0.25) is 0 Å². The second-order valence-electron chi connectivity index (χ2n) is 4.92. The Hall–Kier alpha value is -1.02. The number of rotatable bonds is 2. The molecule has 0 aliphatic carbocycles. The molecule has 0 aromatic heterocycles. The van der Waals surface area contributed by atoms with Crippen LogP contribution in [-0.2, 0) is 0 Å². The van der Waals surface area contributed by atoms with Gasteiger partial charge in [-0.2, -0.15) is 0 Å². The maximum absolute atomic E-state index is 5.85. The molecule has 1 aliphatic heterocycles. The van der Waals surface area contributed by atoms with Gasteiger partial charge in [0.15, 0.2) is 0 Å². The third kappa shape index (κ3) is 1.86. The van der Waals surface area contributed by atoms with Crippen molar-refractivity contribution >= 4 is 0 Å². The topological polar surface area (TPSA) is 35.2 Å². The SMILES string of the molecule is CC(C)(CN)C1CCOc2ccccc21. The molecule has 2 nitrogen and oxygen atoms in total. The van der Waals surface area contributed by atoms with E-state index in [0.29, 0.717) is 12.5 Å². The zero-order valence-corrected chi connectivity index (χ0v) is 9.49. The fourth-order valence-electron chi connectivity index (χ4n) is 2.30. The summed E-state index contributed by atoms with van der Waals surface area (Å²) in [6, 6.07) is 8.31. The van der Waals surface area contributed by atoms with Crippen molar-refractivity contribution in [2.75, 3.05) is 13.2 Å². The van der Waals surface area contributed by atoms with Crippen molar-refractivity contribution in [1.82, 2.24) is 0 Å². The van der Waals surface area contributed by atoms with Gasteiger partial charge in [0.1, 0.15) is 5.75 Å². The van der Waals surface area contributed by atoms with E-state index in [0.717, 1.165) is 18.8 Å². The van der Waals surface area contributed by atoms with Crippen LogP contribution in [0.4, 0.5) is 0 Å². The van der Waals surface area contributed by atoms with Gasteiger partial charge in [0, 0.05) is 0 Å². The van der Waals surface area contributed by atoms with Crippen LogP contribution in [-0.4, -0.2) is 13.2 Å². The lowest BCUT2D eigenvalue weighted by Gasteiger charge is -2.37. The van der Waals surface area contributed by atoms with Crippen LogP contribution in [0.2, 0.25) is 0 Å². The summed E-state index contributed by atoms with van der Waals surface area (Å²) >= 11 is 0. The summed E-state index contributed by atoms with van der Waals surface area (Å²) < 4.78 is 5.65. The Labute approximate surface area is 91.4 Å². The molecule has 2 N–H and O–H groups in total. The van der Waals surface area contributed by atoms with Crippen LogP contribution in [0.15, 0.2) is 24.3 Å². The molecule has 0 radical (unpaired) electrons. The number of hydrogen-bond acceptors (Lipinski definition) is 2. The molecule has 0 fully saturated rings. The molecule has 1 heterocycles. The zero-order chi connectivity index (χ0) is 10.9. The Balaban J connectivity index is 2.38. The van der Waals surface area contributed by atoms with Gasteiger partial charge in [-0.1, -0.05) is 32.0 Å². The van der Waals surface area contributed by atoms with E-state index < -0.39 is 0 Å². The van der Waals surface area contributed by atoms with Crippen molar-refractivity contribution in [3.8, 4) is 5.75 Å². The lowest BCUT2D eigenvalue weighted by Crippen LogP contribution is -2.33. The summed E-state index contributed by atoms with van der Waals surface area (Å²) in [5.41, 5.74) is 7.32. The fraction of sp³-hybridized carbons (Fsp3) is 0.538. The highest BCUT2D eigenvalue weighted by Gasteiger charge is 2.33. The smallest absolute Gasteiger partial charge is 0.122 e. The first kappa shape index (κ1) is 10.5. The fourth-order valence-corrected chi connectivity index (χ4v) is 2.30. The number of nitrogens with two attached hydrogens (primary N) is 1.